The summed E-state index contributed by atoms with van der Waals surface area (Å²) in [7, 11) is 1.71. The molecule has 15 heavy (non-hydrogen) atoms. The number of hydrogen-bond acceptors (Lipinski definition) is 3. The van der Waals surface area contributed by atoms with Crippen LogP contribution in [-0.4, -0.2) is 37.5 Å². The normalized spacial score (nSPS) is 31.8. The SMILES string of the molecule is CCC1CCCC(CO)(NCCOC)C1. The number of methoxy groups -OCH3 is 1. The highest BCUT2D eigenvalue weighted by atomic mass is 16.5. The molecule has 1 aliphatic carbocycles. The summed E-state index contributed by atoms with van der Waals surface area (Å²) in [5.41, 5.74) is -0.0303. The van der Waals surface area contributed by atoms with E-state index >= 15 is 0 Å². The second-order valence-electron chi connectivity index (χ2n) is 4.73. The van der Waals surface area contributed by atoms with Crippen LogP contribution in [0.5, 0.6) is 0 Å². The van der Waals surface area contributed by atoms with Crippen LogP contribution in [0.3, 0.4) is 0 Å². The molecule has 0 bridgehead atoms. The second-order valence-corrected chi connectivity index (χ2v) is 4.73. The minimum absolute atomic E-state index is 0.0303. The van der Waals surface area contributed by atoms with Crippen LogP contribution < -0.4 is 5.32 Å². The van der Waals surface area contributed by atoms with E-state index in [9.17, 15) is 5.11 Å². The van der Waals surface area contributed by atoms with Crippen molar-refractivity contribution in [1.82, 2.24) is 5.32 Å². The van der Waals surface area contributed by atoms with Crippen molar-refractivity contribution in [2.45, 2.75) is 44.6 Å². The topological polar surface area (TPSA) is 41.5 Å². The molecule has 1 fully saturated rings. The van der Waals surface area contributed by atoms with Gasteiger partial charge < -0.3 is 15.2 Å². The summed E-state index contributed by atoms with van der Waals surface area (Å²) < 4.78 is 5.03. The smallest absolute Gasteiger partial charge is 0.0613 e. The van der Waals surface area contributed by atoms with Crippen LogP contribution in [0.4, 0.5) is 0 Å². The zero-order chi connectivity index (χ0) is 11.1. The quantitative estimate of drug-likeness (QED) is 0.661. The van der Waals surface area contributed by atoms with E-state index < -0.39 is 0 Å². The Morgan fingerprint density at radius 1 is 1.53 bits per heavy atom. The maximum Gasteiger partial charge on any atom is 0.0613 e. The van der Waals surface area contributed by atoms with Crippen molar-refractivity contribution < 1.29 is 9.84 Å². The van der Waals surface area contributed by atoms with E-state index in [1.54, 1.807) is 7.11 Å². The summed E-state index contributed by atoms with van der Waals surface area (Å²) >= 11 is 0. The highest BCUT2D eigenvalue weighted by Crippen LogP contribution is 2.33. The molecule has 1 rings (SSSR count). The van der Waals surface area contributed by atoms with Gasteiger partial charge >= 0.3 is 0 Å². The maximum absolute atomic E-state index is 9.55. The van der Waals surface area contributed by atoms with Crippen molar-refractivity contribution in [3.8, 4) is 0 Å². The van der Waals surface area contributed by atoms with Gasteiger partial charge in [-0.1, -0.05) is 26.2 Å². The summed E-state index contributed by atoms with van der Waals surface area (Å²) in [6.07, 6.45) is 6.00. The van der Waals surface area contributed by atoms with Gasteiger partial charge in [-0.15, -0.1) is 0 Å². The molecule has 1 aliphatic rings. The van der Waals surface area contributed by atoms with Gasteiger partial charge in [-0.2, -0.15) is 0 Å². The fourth-order valence-corrected chi connectivity index (χ4v) is 2.61. The van der Waals surface area contributed by atoms with E-state index in [4.69, 9.17) is 4.74 Å². The Morgan fingerprint density at radius 3 is 2.93 bits per heavy atom. The first kappa shape index (κ1) is 12.9. The van der Waals surface area contributed by atoms with Crippen LogP contribution in [0.15, 0.2) is 0 Å². The number of nitrogens with one attached hydrogen (secondary N) is 1. The lowest BCUT2D eigenvalue weighted by Gasteiger charge is -2.40. The molecule has 0 aliphatic heterocycles. The minimum Gasteiger partial charge on any atom is -0.394 e. The van der Waals surface area contributed by atoms with Crippen LogP contribution in [0.25, 0.3) is 0 Å². The lowest BCUT2D eigenvalue weighted by molar-refractivity contribution is 0.0845. The van der Waals surface area contributed by atoms with E-state index in [2.05, 4.69) is 12.2 Å². The number of rotatable bonds is 6. The molecule has 2 N–H and O–H groups in total. The molecule has 0 amide bonds. The van der Waals surface area contributed by atoms with Crippen molar-refractivity contribution in [2.24, 2.45) is 5.92 Å². The minimum atomic E-state index is -0.0303. The van der Waals surface area contributed by atoms with Gasteiger partial charge in [0.1, 0.15) is 0 Å². The summed E-state index contributed by atoms with van der Waals surface area (Å²) in [6.45, 7) is 4.06. The molecule has 3 nitrogen and oxygen atoms in total. The summed E-state index contributed by atoms with van der Waals surface area (Å²) in [4.78, 5) is 0. The predicted octanol–water partition coefficient (Wildman–Crippen LogP) is 1.55. The van der Waals surface area contributed by atoms with Gasteiger partial charge in [0.25, 0.3) is 0 Å². The van der Waals surface area contributed by atoms with Crippen LogP contribution in [-0.2, 0) is 4.74 Å². The van der Waals surface area contributed by atoms with Gasteiger partial charge in [-0.05, 0) is 18.8 Å². The van der Waals surface area contributed by atoms with Crippen LogP contribution in [0.2, 0.25) is 0 Å². The third-order valence-corrected chi connectivity index (χ3v) is 3.63. The maximum atomic E-state index is 9.55. The Morgan fingerprint density at radius 2 is 2.33 bits per heavy atom. The van der Waals surface area contributed by atoms with Crippen molar-refractivity contribution in [1.29, 1.82) is 0 Å². The molecular formula is C12H25NO2. The summed E-state index contributed by atoms with van der Waals surface area (Å²) in [5, 5.41) is 13.0. The van der Waals surface area contributed by atoms with E-state index in [-0.39, 0.29) is 12.1 Å². The van der Waals surface area contributed by atoms with Gasteiger partial charge in [-0.25, -0.2) is 0 Å². The number of aliphatic hydroxyl groups is 1. The van der Waals surface area contributed by atoms with Crippen LogP contribution in [0, 0.1) is 5.92 Å². The number of aliphatic hydroxyl groups excluding tert-OH is 1. The molecule has 90 valence electrons. The molecule has 3 heteroatoms. The van der Waals surface area contributed by atoms with Crippen LogP contribution in [0.1, 0.15) is 39.0 Å². The van der Waals surface area contributed by atoms with Gasteiger partial charge in [0, 0.05) is 19.2 Å². The van der Waals surface area contributed by atoms with Gasteiger partial charge in [-0.3, -0.25) is 0 Å². The lowest BCUT2D eigenvalue weighted by atomic mass is 9.75. The van der Waals surface area contributed by atoms with Crippen molar-refractivity contribution >= 4 is 0 Å². The van der Waals surface area contributed by atoms with E-state index in [1.807, 2.05) is 0 Å². The molecule has 0 radical (unpaired) electrons. The molecule has 0 heterocycles. The Balaban J connectivity index is 2.43. The molecular weight excluding hydrogens is 190 g/mol. The monoisotopic (exact) mass is 215 g/mol. The van der Waals surface area contributed by atoms with Crippen molar-refractivity contribution in [3.63, 3.8) is 0 Å². The average molecular weight is 215 g/mol. The van der Waals surface area contributed by atoms with Gasteiger partial charge in [0.15, 0.2) is 0 Å². The molecule has 2 atom stereocenters. The van der Waals surface area contributed by atoms with E-state index in [0.29, 0.717) is 0 Å². The fourth-order valence-electron chi connectivity index (χ4n) is 2.61. The zero-order valence-electron chi connectivity index (χ0n) is 10.1. The predicted molar refractivity (Wildman–Crippen MR) is 61.9 cm³/mol. The van der Waals surface area contributed by atoms with E-state index in [0.717, 1.165) is 31.9 Å². The standard InChI is InChI=1S/C12H25NO2/c1-3-11-5-4-6-12(9-11,10-14)13-7-8-15-2/h11,13-14H,3-10H2,1-2H3. The lowest BCUT2D eigenvalue weighted by Crippen LogP contribution is -2.52. The Labute approximate surface area is 93.2 Å². The Bertz CT molecular complexity index is 175. The first-order chi connectivity index (χ1) is 7.26. The molecule has 1 saturated carbocycles. The highest BCUT2D eigenvalue weighted by Gasteiger charge is 2.34. The third-order valence-electron chi connectivity index (χ3n) is 3.63. The van der Waals surface area contributed by atoms with Crippen molar-refractivity contribution in [2.75, 3.05) is 26.9 Å². The van der Waals surface area contributed by atoms with E-state index in [1.165, 1.54) is 19.3 Å². The van der Waals surface area contributed by atoms with Crippen LogP contribution >= 0.6 is 0 Å². The molecule has 0 spiro atoms. The molecule has 0 aromatic heterocycles. The summed E-state index contributed by atoms with van der Waals surface area (Å²) in [6, 6.07) is 0. The average Bonchev–Trinajstić information content (AvgIpc) is 2.30. The fraction of sp³-hybridized carbons (Fsp3) is 1.00. The molecule has 0 saturated heterocycles. The van der Waals surface area contributed by atoms with Gasteiger partial charge in [0.2, 0.25) is 0 Å². The largest absolute Gasteiger partial charge is 0.394 e. The second kappa shape index (κ2) is 6.46. The molecule has 0 aromatic rings. The Hall–Kier alpha value is -0.120. The first-order valence-electron chi connectivity index (χ1n) is 6.11. The first-order valence-corrected chi connectivity index (χ1v) is 6.11. The third kappa shape index (κ3) is 3.74. The number of ether oxygens (including phenoxy) is 1. The molecule has 2 unspecified atom stereocenters. The van der Waals surface area contributed by atoms with Gasteiger partial charge in [0.05, 0.1) is 13.2 Å². The summed E-state index contributed by atoms with van der Waals surface area (Å²) in [5.74, 6) is 0.779. The van der Waals surface area contributed by atoms with Crippen molar-refractivity contribution in [3.05, 3.63) is 0 Å². The Kier molecular flexibility index (Phi) is 5.58. The zero-order valence-corrected chi connectivity index (χ0v) is 10.1. The highest BCUT2D eigenvalue weighted by molar-refractivity contribution is 4.92. The number of hydrogen-bond donors (Lipinski definition) is 2. The molecule has 0 aromatic carbocycles.